The summed E-state index contributed by atoms with van der Waals surface area (Å²) in [5, 5.41) is 7.69. The van der Waals surface area contributed by atoms with Crippen molar-refractivity contribution in [1.29, 1.82) is 0 Å². The van der Waals surface area contributed by atoms with Gasteiger partial charge in [-0.25, -0.2) is 9.97 Å². The van der Waals surface area contributed by atoms with Gasteiger partial charge in [0.05, 0.1) is 11.9 Å². The van der Waals surface area contributed by atoms with E-state index in [1.165, 1.54) is 36.9 Å². The fourth-order valence-electron chi connectivity index (χ4n) is 4.66. The number of aromatic amines is 1. The molecule has 1 unspecified atom stereocenters. The lowest BCUT2D eigenvalue weighted by Gasteiger charge is -2.32. The molecule has 1 aromatic carbocycles. The van der Waals surface area contributed by atoms with Gasteiger partial charge in [-0.05, 0) is 43.9 Å². The number of hydrogen-bond donors (Lipinski definition) is 1. The van der Waals surface area contributed by atoms with E-state index in [-0.39, 0.29) is 0 Å². The largest absolute Gasteiger partial charge is 0.341 e. The first-order chi connectivity index (χ1) is 14.4. The molecule has 0 aliphatic carbocycles. The molecular weight excluding hydrogens is 360 g/mol. The van der Waals surface area contributed by atoms with Crippen molar-refractivity contribution in [1.82, 2.24) is 25.1 Å². The van der Waals surface area contributed by atoms with Gasteiger partial charge < -0.3 is 4.90 Å². The zero-order valence-corrected chi connectivity index (χ0v) is 16.8. The van der Waals surface area contributed by atoms with Crippen LogP contribution in [0.4, 0.5) is 5.95 Å². The molecule has 2 aromatic heterocycles. The minimum atomic E-state index is 0.454. The third kappa shape index (κ3) is 4.03. The van der Waals surface area contributed by atoms with Gasteiger partial charge in [0.15, 0.2) is 0 Å². The highest BCUT2D eigenvalue weighted by Gasteiger charge is 2.26. The van der Waals surface area contributed by atoms with Crippen molar-refractivity contribution in [2.24, 2.45) is 0 Å². The van der Waals surface area contributed by atoms with Crippen LogP contribution in [0.15, 0.2) is 48.8 Å². The quantitative estimate of drug-likeness (QED) is 0.719. The van der Waals surface area contributed by atoms with Crippen molar-refractivity contribution in [2.45, 2.75) is 38.1 Å². The van der Waals surface area contributed by atoms with Gasteiger partial charge in [-0.2, -0.15) is 5.10 Å². The van der Waals surface area contributed by atoms with Crippen LogP contribution < -0.4 is 4.90 Å². The Morgan fingerprint density at radius 3 is 2.72 bits per heavy atom. The molecule has 0 amide bonds. The Morgan fingerprint density at radius 1 is 1.00 bits per heavy atom. The van der Waals surface area contributed by atoms with Crippen molar-refractivity contribution >= 4 is 5.95 Å². The van der Waals surface area contributed by atoms with Crippen molar-refractivity contribution in [3.05, 3.63) is 60.0 Å². The monoisotopic (exact) mass is 388 g/mol. The van der Waals surface area contributed by atoms with E-state index >= 15 is 0 Å². The highest BCUT2D eigenvalue weighted by molar-refractivity contribution is 5.63. The van der Waals surface area contributed by atoms with Crippen LogP contribution >= 0.6 is 0 Å². The third-order valence-electron chi connectivity index (χ3n) is 6.14. The molecule has 4 heterocycles. The molecule has 6 heteroatoms. The number of anilines is 1. The number of nitrogens with one attached hydrogen (secondary N) is 1. The molecule has 0 spiro atoms. The smallest absolute Gasteiger partial charge is 0.225 e. The van der Waals surface area contributed by atoms with Gasteiger partial charge in [-0.3, -0.25) is 10.00 Å². The number of benzene rings is 1. The van der Waals surface area contributed by atoms with Crippen molar-refractivity contribution < 1.29 is 0 Å². The van der Waals surface area contributed by atoms with Gasteiger partial charge in [0, 0.05) is 49.6 Å². The van der Waals surface area contributed by atoms with E-state index in [0.717, 1.165) is 49.9 Å². The molecule has 1 N–H and O–H groups in total. The standard InChI is InChI=1S/C23H28N6/c1-2-7-18(8-3-1)16-28-12-6-9-19(17-28)22-20(15-25-27-22)21-10-11-24-23(26-21)29-13-4-5-14-29/h1-3,7-8,10-11,15,19H,4-6,9,12-14,16-17H2,(H,25,27). The van der Waals surface area contributed by atoms with Gasteiger partial charge in [0.1, 0.15) is 0 Å². The minimum absolute atomic E-state index is 0.454. The molecule has 5 rings (SSSR count). The van der Waals surface area contributed by atoms with Crippen LogP contribution in [0.3, 0.4) is 0 Å². The Labute approximate surface area is 172 Å². The van der Waals surface area contributed by atoms with E-state index in [9.17, 15) is 0 Å². The Morgan fingerprint density at radius 2 is 1.86 bits per heavy atom. The molecule has 0 radical (unpaired) electrons. The Kier molecular flexibility index (Phi) is 5.26. The van der Waals surface area contributed by atoms with Crippen molar-refractivity contribution in [3.8, 4) is 11.3 Å². The second-order valence-corrected chi connectivity index (χ2v) is 8.19. The molecule has 0 saturated carbocycles. The summed E-state index contributed by atoms with van der Waals surface area (Å²) in [7, 11) is 0. The zero-order chi connectivity index (χ0) is 19.5. The van der Waals surface area contributed by atoms with Crippen molar-refractivity contribution in [3.63, 3.8) is 0 Å². The van der Waals surface area contributed by atoms with Crippen LogP contribution in [-0.4, -0.2) is 51.2 Å². The lowest BCUT2D eigenvalue weighted by Crippen LogP contribution is -2.34. The van der Waals surface area contributed by atoms with E-state index in [4.69, 9.17) is 4.98 Å². The molecule has 1 atom stereocenters. The molecule has 3 aromatic rings. The van der Waals surface area contributed by atoms with Crippen LogP contribution in [-0.2, 0) is 6.54 Å². The lowest BCUT2D eigenvalue weighted by atomic mass is 9.91. The van der Waals surface area contributed by atoms with Crippen LogP contribution in [0.25, 0.3) is 11.3 Å². The van der Waals surface area contributed by atoms with Gasteiger partial charge in [0.25, 0.3) is 0 Å². The number of aromatic nitrogens is 4. The summed E-state index contributed by atoms with van der Waals surface area (Å²) >= 11 is 0. The Bertz CT molecular complexity index is 931. The molecular formula is C23H28N6. The summed E-state index contributed by atoms with van der Waals surface area (Å²) in [6, 6.07) is 12.8. The first kappa shape index (κ1) is 18.3. The predicted octanol–water partition coefficient (Wildman–Crippen LogP) is 3.85. The molecule has 150 valence electrons. The molecule has 29 heavy (non-hydrogen) atoms. The number of nitrogens with zero attached hydrogens (tertiary/aromatic N) is 5. The number of hydrogen-bond acceptors (Lipinski definition) is 5. The molecule has 6 nitrogen and oxygen atoms in total. The third-order valence-corrected chi connectivity index (χ3v) is 6.14. The van der Waals surface area contributed by atoms with Crippen LogP contribution in [0.2, 0.25) is 0 Å². The van der Waals surface area contributed by atoms with Gasteiger partial charge in [0.2, 0.25) is 5.95 Å². The minimum Gasteiger partial charge on any atom is -0.341 e. The zero-order valence-electron chi connectivity index (χ0n) is 16.8. The SMILES string of the molecule is c1ccc(CN2CCCC(c3[nH]ncc3-c3ccnc(N4CCCC4)n3)C2)cc1. The molecule has 0 bridgehead atoms. The Balaban J connectivity index is 1.35. The summed E-state index contributed by atoms with van der Waals surface area (Å²) in [5.41, 5.74) is 4.70. The summed E-state index contributed by atoms with van der Waals surface area (Å²) < 4.78 is 0. The fraction of sp³-hybridized carbons (Fsp3) is 0.435. The van der Waals surface area contributed by atoms with E-state index in [1.54, 1.807) is 0 Å². The Hall–Kier alpha value is -2.73. The van der Waals surface area contributed by atoms with E-state index in [2.05, 4.69) is 55.3 Å². The van der Waals surface area contributed by atoms with E-state index < -0.39 is 0 Å². The van der Waals surface area contributed by atoms with Gasteiger partial charge in [-0.1, -0.05) is 30.3 Å². The average molecular weight is 389 g/mol. The fourth-order valence-corrected chi connectivity index (χ4v) is 4.66. The maximum absolute atomic E-state index is 4.88. The number of likely N-dealkylation sites (tertiary alicyclic amines) is 1. The summed E-state index contributed by atoms with van der Waals surface area (Å²) in [5.74, 6) is 1.30. The average Bonchev–Trinajstić information content (AvgIpc) is 3.47. The molecule has 2 fully saturated rings. The first-order valence-corrected chi connectivity index (χ1v) is 10.7. The topological polar surface area (TPSA) is 60.9 Å². The normalized spacial score (nSPS) is 20.3. The summed E-state index contributed by atoms with van der Waals surface area (Å²) in [4.78, 5) is 14.2. The summed E-state index contributed by atoms with van der Waals surface area (Å²) in [6.07, 6.45) is 8.66. The van der Waals surface area contributed by atoms with Gasteiger partial charge >= 0.3 is 0 Å². The second kappa shape index (κ2) is 8.33. The highest BCUT2D eigenvalue weighted by atomic mass is 15.3. The second-order valence-electron chi connectivity index (χ2n) is 8.19. The van der Waals surface area contributed by atoms with Crippen LogP contribution in [0, 0.1) is 0 Å². The maximum Gasteiger partial charge on any atom is 0.225 e. The van der Waals surface area contributed by atoms with E-state index in [1.807, 2.05) is 18.5 Å². The lowest BCUT2D eigenvalue weighted by molar-refractivity contribution is 0.198. The first-order valence-electron chi connectivity index (χ1n) is 10.7. The molecule has 2 aliphatic rings. The van der Waals surface area contributed by atoms with Crippen LogP contribution in [0.1, 0.15) is 42.9 Å². The number of H-pyrrole nitrogens is 1. The number of piperidine rings is 1. The van der Waals surface area contributed by atoms with Gasteiger partial charge in [-0.15, -0.1) is 0 Å². The summed E-state index contributed by atoms with van der Waals surface area (Å²) in [6.45, 7) is 5.32. The highest BCUT2D eigenvalue weighted by Crippen LogP contribution is 2.33. The molecule has 2 aliphatic heterocycles. The van der Waals surface area contributed by atoms with Crippen molar-refractivity contribution in [2.75, 3.05) is 31.1 Å². The number of rotatable bonds is 5. The maximum atomic E-state index is 4.88. The predicted molar refractivity (Wildman–Crippen MR) is 115 cm³/mol. The van der Waals surface area contributed by atoms with Crippen LogP contribution in [0.5, 0.6) is 0 Å². The molecule has 2 saturated heterocycles. The van der Waals surface area contributed by atoms with E-state index in [0.29, 0.717) is 5.92 Å².